The van der Waals surface area contributed by atoms with E-state index in [0.717, 1.165) is 16.5 Å². The van der Waals surface area contributed by atoms with Crippen molar-refractivity contribution in [3.63, 3.8) is 0 Å². The SMILES string of the molecule is CC(Nc1nc2ccccn2c(=O)c1[N+](=O)[O-])c1cccc(C(F)(F)F)c1. The smallest absolute Gasteiger partial charge is 0.358 e. The third-order valence-corrected chi connectivity index (χ3v) is 3.96. The molecule has 27 heavy (non-hydrogen) atoms. The number of nitrogens with zero attached hydrogens (tertiary/aromatic N) is 3. The van der Waals surface area contributed by atoms with E-state index in [1.165, 1.54) is 37.4 Å². The first-order valence-corrected chi connectivity index (χ1v) is 7.78. The van der Waals surface area contributed by atoms with E-state index in [2.05, 4.69) is 10.3 Å². The summed E-state index contributed by atoms with van der Waals surface area (Å²) < 4.78 is 39.7. The largest absolute Gasteiger partial charge is 0.416 e. The zero-order chi connectivity index (χ0) is 19.8. The molecule has 0 radical (unpaired) electrons. The number of aromatic nitrogens is 2. The molecule has 10 heteroatoms. The second-order valence-electron chi connectivity index (χ2n) is 5.79. The second-order valence-corrected chi connectivity index (χ2v) is 5.79. The molecule has 3 rings (SSSR count). The lowest BCUT2D eigenvalue weighted by atomic mass is 10.0. The van der Waals surface area contributed by atoms with Crippen LogP contribution in [-0.4, -0.2) is 14.3 Å². The summed E-state index contributed by atoms with van der Waals surface area (Å²) in [6, 6.07) is 8.43. The van der Waals surface area contributed by atoms with Crippen LogP contribution in [0.25, 0.3) is 5.65 Å². The van der Waals surface area contributed by atoms with Crippen LogP contribution in [0.1, 0.15) is 24.1 Å². The van der Waals surface area contributed by atoms with Gasteiger partial charge in [0.25, 0.3) is 0 Å². The molecule has 3 aromatic rings. The van der Waals surface area contributed by atoms with Gasteiger partial charge in [0.1, 0.15) is 5.65 Å². The summed E-state index contributed by atoms with van der Waals surface area (Å²) in [6.45, 7) is 1.52. The first-order chi connectivity index (χ1) is 12.7. The van der Waals surface area contributed by atoms with E-state index in [4.69, 9.17) is 0 Å². The molecule has 0 saturated carbocycles. The Labute approximate surface area is 150 Å². The van der Waals surface area contributed by atoms with Crippen LogP contribution in [0, 0.1) is 10.1 Å². The summed E-state index contributed by atoms with van der Waals surface area (Å²) in [7, 11) is 0. The van der Waals surface area contributed by atoms with Crippen molar-refractivity contribution in [1.82, 2.24) is 9.38 Å². The molecule has 1 atom stereocenters. The lowest BCUT2D eigenvalue weighted by Crippen LogP contribution is -2.22. The Bertz CT molecular complexity index is 1080. The fraction of sp³-hybridized carbons (Fsp3) is 0.176. The lowest BCUT2D eigenvalue weighted by molar-refractivity contribution is -0.385. The van der Waals surface area contributed by atoms with Crippen LogP contribution in [0.4, 0.5) is 24.7 Å². The molecule has 1 N–H and O–H groups in total. The Hall–Kier alpha value is -3.43. The minimum Gasteiger partial charge on any atom is -0.358 e. The van der Waals surface area contributed by atoms with E-state index in [1.807, 2.05) is 0 Å². The van der Waals surface area contributed by atoms with Crippen LogP contribution in [0.5, 0.6) is 0 Å². The predicted molar refractivity (Wildman–Crippen MR) is 91.6 cm³/mol. The Morgan fingerprint density at radius 3 is 2.63 bits per heavy atom. The topological polar surface area (TPSA) is 89.5 Å². The molecule has 0 bridgehead atoms. The van der Waals surface area contributed by atoms with Gasteiger partial charge >= 0.3 is 17.4 Å². The normalized spacial score (nSPS) is 12.7. The van der Waals surface area contributed by atoms with Crippen LogP contribution in [0.3, 0.4) is 0 Å². The number of hydrogen-bond acceptors (Lipinski definition) is 5. The molecule has 7 nitrogen and oxygen atoms in total. The maximum atomic E-state index is 12.9. The van der Waals surface area contributed by atoms with Gasteiger partial charge in [-0.1, -0.05) is 18.2 Å². The fourth-order valence-electron chi connectivity index (χ4n) is 2.62. The van der Waals surface area contributed by atoms with Crippen LogP contribution >= 0.6 is 0 Å². The molecule has 140 valence electrons. The summed E-state index contributed by atoms with van der Waals surface area (Å²) in [5.41, 5.74) is -2.09. The van der Waals surface area contributed by atoms with Gasteiger partial charge < -0.3 is 5.32 Å². The zero-order valence-electron chi connectivity index (χ0n) is 13.9. The molecule has 0 saturated heterocycles. The number of nitro groups is 1. The van der Waals surface area contributed by atoms with Gasteiger partial charge in [0.15, 0.2) is 0 Å². The number of fused-ring (bicyclic) bond motifs is 1. The second kappa shape index (κ2) is 6.71. The third-order valence-electron chi connectivity index (χ3n) is 3.96. The van der Waals surface area contributed by atoms with Crippen molar-refractivity contribution in [2.45, 2.75) is 19.1 Å². The van der Waals surface area contributed by atoms with Gasteiger partial charge in [0, 0.05) is 6.20 Å². The number of halogens is 3. The maximum Gasteiger partial charge on any atom is 0.416 e. The Morgan fingerprint density at radius 1 is 1.22 bits per heavy atom. The van der Waals surface area contributed by atoms with Crippen LogP contribution in [0.2, 0.25) is 0 Å². The van der Waals surface area contributed by atoms with Crippen molar-refractivity contribution in [3.8, 4) is 0 Å². The van der Waals surface area contributed by atoms with E-state index < -0.39 is 34.0 Å². The number of benzene rings is 1. The first kappa shape index (κ1) is 18.4. The average Bonchev–Trinajstić information content (AvgIpc) is 2.61. The summed E-state index contributed by atoms with van der Waals surface area (Å²) in [4.78, 5) is 27.0. The van der Waals surface area contributed by atoms with Crippen LogP contribution < -0.4 is 10.9 Å². The number of rotatable bonds is 4. The third kappa shape index (κ3) is 3.59. The van der Waals surface area contributed by atoms with E-state index in [9.17, 15) is 28.1 Å². The summed E-state index contributed by atoms with van der Waals surface area (Å²) in [6.07, 6.45) is -3.17. The molecular formula is C17H13F3N4O3. The molecule has 0 spiro atoms. The van der Waals surface area contributed by atoms with Crippen LogP contribution in [-0.2, 0) is 6.18 Å². The van der Waals surface area contributed by atoms with Gasteiger partial charge in [-0.15, -0.1) is 0 Å². The zero-order valence-corrected chi connectivity index (χ0v) is 13.9. The molecule has 1 aromatic carbocycles. The highest BCUT2D eigenvalue weighted by Gasteiger charge is 2.31. The van der Waals surface area contributed by atoms with Crippen LogP contribution in [0.15, 0.2) is 53.5 Å². The van der Waals surface area contributed by atoms with Crippen molar-refractivity contribution in [3.05, 3.63) is 80.3 Å². The van der Waals surface area contributed by atoms with E-state index in [0.29, 0.717) is 0 Å². The minimum absolute atomic E-state index is 0.173. The van der Waals surface area contributed by atoms with Crippen molar-refractivity contribution in [2.24, 2.45) is 0 Å². The monoisotopic (exact) mass is 378 g/mol. The van der Waals surface area contributed by atoms with Crippen molar-refractivity contribution in [1.29, 1.82) is 0 Å². The van der Waals surface area contributed by atoms with Gasteiger partial charge in [-0.2, -0.15) is 13.2 Å². The molecule has 0 aliphatic rings. The average molecular weight is 378 g/mol. The Morgan fingerprint density at radius 2 is 1.96 bits per heavy atom. The molecule has 0 amide bonds. The fourth-order valence-corrected chi connectivity index (χ4v) is 2.62. The highest BCUT2D eigenvalue weighted by molar-refractivity contribution is 5.60. The molecule has 2 heterocycles. The van der Waals surface area contributed by atoms with Crippen molar-refractivity contribution < 1.29 is 18.1 Å². The first-order valence-electron chi connectivity index (χ1n) is 7.78. The molecule has 1 unspecified atom stereocenters. The number of nitrogens with one attached hydrogen (secondary N) is 1. The highest BCUT2D eigenvalue weighted by atomic mass is 19.4. The molecule has 0 aliphatic heterocycles. The van der Waals surface area contributed by atoms with Gasteiger partial charge in [0.2, 0.25) is 5.82 Å². The van der Waals surface area contributed by atoms with Gasteiger partial charge in [-0.05, 0) is 36.8 Å². The summed E-state index contributed by atoms with van der Waals surface area (Å²) >= 11 is 0. The lowest BCUT2D eigenvalue weighted by Gasteiger charge is -2.17. The molecular weight excluding hydrogens is 365 g/mol. The maximum absolute atomic E-state index is 12.9. The predicted octanol–water partition coefficient (Wildman–Crippen LogP) is 3.79. The minimum atomic E-state index is -4.51. The quantitative estimate of drug-likeness (QED) is 0.551. The van der Waals surface area contributed by atoms with E-state index in [1.54, 1.807) is 6.07 Å². The standard InChI is InChI=1S/C17H13F3N4O3/c1-10(11-5-4-6-12(9-11)17(18,19)20)21-15-14(24(26)27)16(25)23-8-3-2-7-13(23)22-15/h2-10,21H,1H3. The van der Waals surface area contributed by atoms with Gasteiger partial charge in [0.05, 0.1) is 16.5 Å². The van der Waals surface area contributed by atoms with Crippen molar-refractivity contribution >= 4 is 17.2 Å². The van der Waals surface area contributed by atoms with E-state index >= 15 is 0 Å². The Kier molecular flexibility index (Phi) is 4.56. The number of anilines is 1. The van der Waals surface area contributed by atoms with Gasteiger partial charge in [-0.3, -0.25) is 19.3 Å². The molecule has 0 aliphatic carbocycles. The van der Waals surface area contributed by atoms with E-state index in [-0.39, 0.29) is 17.0 Å². The number of pyridine rings is 1. The Balaban J connectivity index is 2.05. The number of hydrogen-bond donors (Lipinski definition) is 1. The van der Waals surface area contributed by atoms with Gasteiger partial charge in [-0.25, -0.2) is 4.98 Å². The molecule has 2 aromatic heterocycles. The molecule has 0 fully saturated rings. The highest BCUT2D eigenvalue weighted by Crippen LogP contribution is 2.32. The van der Waals surface area contributed by atoms with Crippen molar-refractivity contribution in [2.75, 3.05) is 5.32 Å². The summed E-state index contributed by atoms with van der Waals surface area (Å²) in [5.74, 6) is -0.305. The summed E-state index contributed by atoms with van der Waals surface area (Å²) in [5, 5.41) is 14.0. The number of alkyl halides is 3.